The van der Waals surface area contributed by atoms with Crippen LogP contribution in [0.15, 0.2) is 76.1 Å². The van der Waals surface area contributed by atoms with Crippen molar-refractivity contribution in [2.75, 3.05) is 10.0 Å². The maximum atomic E-state index is 12.6. The quantitative estimate of drug-likeness (QED) is 0.195. The summed E-state index contributed by atoms with van der Waals surface area (Å²) in [6.07, 6.45) is 5.88. The molecule has 0 aliphatic heterocycles. The Morgan fingerprint density at radius 2 is 1.37 bits per heavy atom. The molecule has 1 heterocycles. The third-order valence-electron chi connectivity index (χ3n) is 6.40. The van der Waals surface area contributed by atoms with Crippen LogP contribution in [0.4, 0.5) is 10.8 Å². The molecule has 7 nitrogen and oxygen atoms in total. The van der Waals surface area contributed by atoms with E-state index in [-0.39, 0.29) is 15.9 Å². The van der Waals surface area contributed by atoms with Crippen LogP contribution in [-0.2, 0) is 32.5 Å². The molecule has 4 aromatic rings. The first-order valence-electron chi connectivity index (χ1n) is 12.3. The molecule has 2 aliphatic carbocycles. The molecule has 14 heteroatoms. The van der Waals surface area contributed by atoms with Gasteiger partial charge in [-0.1, -0.05) is 46.4 Å². The molecule has 2 N–H and O–H groups in total. The summed E-state index contributed by atoms with van der Waals surface area (Å²) in [5, 5.41) is 6.47. The summed E-state index contributed by atoms with van der Waals surface area (Å²) in [6.45, 7) is 0. The van der Waals surface area contributed by atoms with E-state index < -0.39 is 15.3 Å². The molecule has 43 heavy (non-hydrogen) atoms. The first-order chi connectivity index (χ1) is 20.4. The fourth-order valence-corrected chi connectivity index (χ4v) is 7.45. The molecular formula is C29H18Cl5N3O4S2. The van der Waals surface area contributed by atoms with Crippen molar-refractivity contribution in [1.82, 2.24) is 4.98 Å². The number of benzene rings is 3. The minimum atomic E-state index is -3.74. The van der Waals surface area contributed by atoms with E-state index in [0.717, 1.165) is 22.3 Å². The van der Waals surface area contributed by atoms with Gasteiger partial charge in [0.05, 0.1) is 4.90 Å². The van der Waals surface area contributed by atoms with Crippen molar-refractivity contribution in [2.45, 2.75) is 17.7 Å². The van der Waals surface area contributed by atoms with Gasteiger partial charge in [-0.15, -0.1) is 11.3 Å². The number of nitrogens with zero attached hydrogens (tertiary/aromatic N) is 1. The monoisotopic (exact) mass is 711 g/mol. The van der Waals surface area contributed by atoms with E-state index in [1.54, 1.807) is 41.8 Å². The van der Waals surface area contributed by atoms with Crippen molar-refractivity contribution in [1.29, 1.82) is 0 Å². The molecule has 0 unspecified atom stereocenters. The summed E-state index contributed by atoms with van der Waals surface area (Å²) < 4.78 is 27.1. The average molecular weight is 714 g/mol. The van der Waals surface area contributed by atoms with E-state index in [2.05, 4.69) is 15.0 Å². The number of nitrogens with one attached hydrogen (secondary N) is 2. The topological polar surface area (TPSA) is 105 Å². The minimum Gasteiger partial charge on any atom is -0.322 e. The number of hydrogen-bond donors (Lipinski definition) is 2. The summed E-state index contributed by atoms with van der Waals surface area (Å²) in [4.78, 5) is 27.5. The van der Waals surface area contributed by atoms with Gasteiger partial charge in [0.25, 0.3) is 15.9 Å². The highest BCUT2D eigenvalue weighted by molar-refractivity contribution is 7.93. The van der Waals surface area contributed by atoms with Crippen molar-refractivity contribution in [3.63, 3.8) is 0 Å². The van der Waals surface area contributed by atoms with Crippen LogP contribution in [0.3, 0.4) is 0 Å². The van der Waals surface area contributed by atoms with Crippen LogP contribution in [0, 0.1) is 0 Å². The van der Waals surface area contributed by atoms with Gasteiger partial charge in [0.15, 0.2) is 5.13 Å². The Morgan fingerprint density at radius 3 is 1.91 bits per heavy atom. The Morgan fingerprint density at radius 1 is 0.814 bits per heavy atom. The normalized spacial score (nSPS) is 13.2. The predicted octanol–water partition coefficient (Wildman–Crippen LogP) is 8.53. The van der Waals surface area contributed by atoms with E-state index in [1.165, 1.54) is 41.8 Å². The number of allylic oxidation sites excluding steroid dienone is 1. The van der Waals surface area contributed by atoms with Crippen LogP contribution in [-0.4, -0.2) is 24.6 Å². The Kier molecular flexibility index (Phi) is 9.53. The van der Waals surface area contributed by atoms with Crippen molar-refractivity contribution >= 4 is 113 Å². The maximum Gasteiger partial charge on any atom is 0.263 e. The molecule has 0 atom stereocenters. The van der Waals surface area contributed by atoms with Gasteiger partial charge in [-0.25, -0.2) is 13.4 Å². The van der Waals surface area contributed by atoms with Crippen LogP contribution < -0.4 is 10.0 Å². The van der Waals surface area contributed by atoms with Crippen LogP contribution >= 0.6 is 69.3 Å². The lowest BCUT2D eigenvalue weighted by atomic mass is 10.1. The number of carbonyl (C=O) groups excluding carboxylic acids is 2. The number of fused-ring (bicyclic) bond motifs is 2. The number of carbonyl (C=O) groups is 2. The molecule has 2 aliphatic rings. The van der Waals surface area contributed by atoms with E-state index in [9.17, 15) is 18.0 Å². The van der Waals surface area contributed by atoms with Gasteiger partial charge >= 0.3 is 0 Å². The number of amides is 1. The number of anilines is 2. The number of aromatic nitrogens is 1. The summed E-state index contributed by atoms with van der Waals surface area (Å²) >= 11 is 30.6. The molecule has 0 spiro atoms. The highest BCUT2D eigenvalue weighted by Crippen LogP contribution is 2.35. The zero-order valence-corrected chi connectivity index (χ0v) is 27.0. The van der Waals surface area contributed by atoms with Gasteiger partial charge in [0.2, 0.25) is 5.24 Å². The molecule has 1 amide bonds. The second-order valence-corrected chi connectivity index (χ2v) is 13.9. The summed E-state index contributed by atoms with van der Waals surface area (Å²) in [5.74, 6) is -0.287. The van der Waals surface area contributed by atoms with Crippen molar-refractivity contribution < 1.29 is 18.0 Å². The van der Waals surface area contributed by atoms with Crippen LogP contribution in [0.2, 0.25) is 20.1 Å². The van der Waals surface area contributed by atoms with Crippen molar-refractivity contribution in [3.05, 3.63) is 114 Å². The lowest BCUT2D eigenvalue weighted by molar-refractivity contribution is -0.113. The molecule has 1 aromatic heterocycles. The van der Waals surface area contributed by atoms with Crippen molar-refractivity contribution in [2.24, 2.45) is 0 Å². The van der Waals surface area contributed by atoms with Crippen LogP contribution in [0.5, 0.6) is 0 Å². The number of sulfonamides is 1. The van der Waals surface area contributed by atoms with E-state index in [1.807, 2.05) is 0 Å². The molecule has 0 saturated heterocycles. The molecule has 3 aromatic carbocycles. The third-order valence-corrected chi connectivity index (χ3v) is 9.93. The lowest BCUT2D eigenvalue weighted by Gasteiger charge is -2.08. The molecule has 220 valence electrons. The number of rotatable bonds is 6. The van der Waals surface area contributed by atoms with E-state index in [4.69, 9.17) is 58.0 Å². The zero-order valence-electron chi connectivity index (χ0n) is 21.6. The first kappa shape index (κ1) is 31.5. The number of halogens is 5. The fourth-order valence-electron chi connectivity index (χ4n) is 4.38. The third kappa shape index (κ3) is 7.44. The highest BCUT2D eigenvalue weighted by atomic mass is 35.5. The fraction of sp³-hybridized carbons (Fsp3) is 0.0690. The standard InChI is InChI=1S/C19H13Cl2N3O3S2.C10H5Cl3O/c20-13-8-11-7-12(9-16(11)17(21)10-13)18(25)23-14-1-3-15(4-2-14)29(26,27)24-19-22-5-6-28-19;11-7-2-5-1-6(10(13)14)3-8(5)9(12)4-7/h1-8,10H,9H2,(H,22,24)(H,23,25);1-2,4H,3H2. The molecular weight excluding hydrogens is 696 g/mol. The predicted molar refractivity (Wildman–Crippen MR) is 175 cm³/mol. The molecule has 0 saturated carbocycles. The lowest BCUT2D eigenvalue weighted by Crippen LogP contribution is -2.15. The van der Waals surface area contributed by atoms with Gasteiger partial charge in [0.1, 0.15) is 0 Å². The SMILES string of the molecule is O=C(Cl)C1=Cc2cc(Cl)cc(Cl)c2C1.O=C(Nc1ccc(S(=O)(=O)Nc2nccs2)cc1)C1=Cc2cc(Cl)cc(Cl)c2C1. The Bertz CT molecular complexity index is 1920. The van der Waals surface area contributed by atoms with Crippen LogP contribution in [0.25, 0.3) is 12.2 Å². The van der Waals surface area contributed by atoms with Gasteiger partial charge in [-0.3, -0.25) is 14.3 Å². The van der Waals surface area contributed by atoms with Gasteiger partial charge in [0, 0.05) is 61.3 Å². The molecule has 0 bridgehead atoms. The maximum absolute atomic E-state index is 12.6. The average Bonchev–Trinajstić information content (AvgIpc) is 3.69. The molecule has 0 fully saturated rings. The largest absolute Gasteiger partial charge is 0.322 e. The van der Waals surface area contributed by atoms with Gasteiger partial charge < -0.3 is 5.32 Å². The Balaban J connectivity index is 0.000000220. The smallest absolute Gasteiger partial charge is 0.263 e. The molecule has 0 radical (unpaired) electrons. The second kappa shape index (κ2) is 13.0. The van der Waals surface area contributed by atoms with E-state index >= 15 is 0 Å². The van der Waals surface area contributed by atoms with Crippen molar-refractivity contribution in [3.8, 4) is 0 Å². The summed E-state index contributed by atoms with van der Waals surface area (Å²) in [6, 6.07) is 12.7. The van der Waals surface area contributed by atoms with Crippen LogP contribution in [0.1, 0.15) is 22.3 Å². The highest BCUT2D eigenvalue weighted by Gasteiger charge is 2.22. The number of thiazole rings is 1. The van der Waals surface area contributed by atoms with Gasteiger partial charge in [-0.05, 0) is 94.5 Å². The summed E-state index contributed by atoms with van der Waals surface area (Å²) in [7, 11) is -3.74. The first-order valence-corrected chi connectivity index (χ1v) is 16.6. The van der Waals surface area contributed by atoms with Gasteiger partial charge in [-0.2, -0.15) is 0 Å². The van der Waals surface area contributed by atoms with E-state index in [0.29, 0.717) is 49.8 Å². The number of hydrogen-bond acceptors (Lipinski definition) is 6. The Hall–Kier alpha value is -2.89. The zero-order chi connectivity index (χ0) is 30.9. The summed E-state index contributed by atoms with van der Waals surface area (Å²) in [5.41, 5.74) is 5.06. The minimum absolute atomic E-state index is 0.0691. The molecule has 6 rings (SSSR count). The Labute approximate surface area is 276 Å². The second-order valence-electron chi connectivity index (χ2n) is 9.30.